The Morgan fingerprint density at radius 3 is 2.86 bits per heavy atom. The van der Waals surface area contributed by atoms with Gasteiger partial charge in [0.05, 0.1) is 18.4 Å². The number of imidazole rings is 1. The number of nitrogens with zero attached hydrogens (tertiary/aromatic N) is 3. The zero-order chi connectivity index (χ0) is 15.7. The maximum Gasteiger partial charge on any atom is 0.208 e. The van der Waals surface area contributed by atoms with Gasteiger partial charge >= 0.3 is 0 Å². The summed E-state index contributed by atoms with van der Waals surface area (Å²) >= 11 is 0. The highest BCUT2D eigenvalue weighted by atomic mass is 16.5. The van der Waals surface area contributed by atoms with Crippen LogP contribution in [0.4, 0.5) is 0 Å². The Morgan fingerprint density at radius 1 is 1.36 bits per heavy atom. The fraction of sp³-hybridized carbons (Fsp3) is 0.294. The molecule has 1 aliphatic rings. The molecule has 0 aliphatic carbocycles. The molecule has 22 heavy (non-hydrogen) atoms. The summed E-state index contributed by atoms with van der Waals surface area (Å²) in [7, 11) is 3.28. The first-order valence-corrected chi connectivity index (χ1v) is 7.12. The Morgan fingerprint density at radius 2 is 2.14 bits per heavy atom. The fourth-order valence-electron chi connectivity index (χ4n) is 2.53. The maximum absolute atomic E-state index is 6.08. The molecule has 0 amide bonds. The number of rotatable bonds is 2. The van der Waals surface area contributed by atoms with Gasteiger partial charge in [0.25, 0.3) is 0 Å². The van der Waals surface area contributed by atoms with Crippen molar-refractivity contribution in [3.63, 3.8) is 0 Å². The van der Waals surface area contributed by atoms with E-state index in [0.717, 1.165) is 22.8 Å². The average molecular weight is 297 g/mol. The van der Waals surface area contributed by atoms with Crippen molar-refractivity contribution in [3.8, 4) is 17.1 Å². The zero-order valence-electron chi connectivity index (χ0n) is 13.2. The summed E-state index contributed by atoms with van der Waals surface area (Å²) in [4.78, 5) is 8.73. The molecule has 0 radical (unpaired) electrons. The average Bonchev–Trinajstić information content (AvgIpc) is 2.93. The Balaban J connectivity index is 2.06. The molecule has 1 aromatic heterocycles. The third kappa shape index (κ3) is 2.39. The molecule has 2 aromatic rings. The molecule has 114 valence electrons. The van der Waals surface area contributed by atoms with Crippen molar-refractivity contribution in [3.05, 3.63) is 42.2 Å². The lowest BCUT2D eigenvalue weighted by atomic mass is 10.1. The van der Waals surface area contributed by atoms with Crippen molar-refractivity contribution in [2.75, 3.05) is 14.2 Å². The minimum absolute atomic E-state index is 0.480. The van der Waals surface area contributed by atoms with Gasteiger partial charge in [-0.25, -0.2) is 4.98 Å². The predicted octanol–water partition coefficient (Wildman–Crippen LogP) is 3.32. The van der Waals surface area contributed by atoms with Gasteiger partial charge in [-0.2, -0.15) is 0 Å². The number of methoxy groups -OCH3 is 1. The van der Waals surface area contributed by atoms with Crippen molar-refractivity contribution >= 4 is 12.0 Å². The number of hydrogen-bond acceptors (Lipinski definition) is 4. The summed E-state index contributed by atoms with van der Waals surface area (Å²) in [6.45, 7) is 4.05. The Labute approximate surface area is 129 Å². The third-order valence-electron chi connectivity index (χ3n) is 3.62. The molecule has 3 rings (SSSR count). The number of para-hydroxylation sites is 1. The van der Waals surface area contributed by atoms with Gasteiger partial charge in [0, 0.05) is 19.3 Å². The number of ether oxygens (including phenoxy) is 2. The van der Waals surface area contributed by atoms with Gasteiger partial charge in [0.1, 0.15) is 11.6 Å². The Kier molecular flexibility index (Phi) is 3.48. The molecule has 0 saturated carbocycles. The molecule has 0 fully saturated rings. The molecular formula is C17H19N3O2. The molecule has 1 aromatic carbocycles. The van der Waals surface area contributed by atoms with Crippen LogP contribution >= 0.6 is 0 Å². The number of hydrogen-bond donors (Lipinski definition) is 0. The molecule has 0 atom stereocenters. The Hall–Kier alpha value is -2.56. The molecule has 1 aliphatic heterocycles. The van der Waals surface area contributed by atoms with Crippen molar-refractivity contribution in [2.45, 2.75) is 19.6 Å². The number of benzene rings is 1. The summed E-state index contributed by atoms with van der Waals surface area (Å²) in [6.07, 6.45) is 5.66. The number of aliphatic imine (C=N–C) groups is 1. The summed E-state index contributed by atoms with van der Waals surface area (Å²) < 4.78 is 13.2. The summed E-state index contributed by atoms with van der Waals surface area (Å²) in [6, 6.07) is 7.95. The van der Waals surface area contributed by atoms with Crippen molar-refractivity contribution in [2.24, 2.45) is 4.99 Å². The first-order chi connectivity index (χ1) is 10.5. The maximum atomic E-state index is 6.08. The molecule has 0 N–H and O–H groups in total. The number of fused-ring (bicyclic) bond motifs is 3. The van der Waals surface area contributed by atoms with Gasteiger partial charge in [-0.05, 0) is 32.1 Å². The molecule has 0 spiro atoms. The first-order valence-electron chi connectivity index (χ1n) is 7.12. The van der Waals surface area contributed by atoms with Crippen LogP contribution in [-0.4, -0.2) is 29.6 Å². The van der Waals surface area contributed by atoms with E-state index in [1.165, 1.54) is 0 Å². The highest BCUT2D eigenvalue weighted by molar-refractivity contribution is 5.91. The van der Waals surface area contributed by atoms with Crippen LogP contribution in [0, 0.1) is 0 Å². The van der Waals surface area contributed by atoms with Gasteiger partial charge in [-0.15, -0.1) is 0 Å². The predicted molar refractivity (Wildman–Crippen MR) is 87.0 cm³/mol. The second-order valence-electron chi connectivity index (χ2n) is 5.50. The van der Waals surface area contributed by atoms with E-state index in [4.69, 9.17) is 14.5 Å². The van der Waals surface area contributed by atoms with Crippen LogP contribution in [0.3, 0.4) is 0 Å². The van der Waals surface area contributed by atoms with Crippen LogP contribution in [0.5, 0.6) is 5.75 Å². The van der Waals surface area contributed by atoms with Crippen LogP contribution in [-0.2, 0) is 10.5 Å². The lowest BCUT2D eigenvalue weighted by molar-refractivity contribution is 0.0264. The smallest absolute Gasteiger partial charge is 0.208 e. The summed E-state index contributed by atoms with van der Waals surface area (Å²) in [5.41, 5.74) is 1.35. The summed E-state index contributed by atoms with van der Waals surface area (Å²) in [5, 5.41) is 0. The number of aromatic nitrogens is 2. The SMILES string of the molecule is CN=C(C=Cc1cn2c(n1)-c1ccccc1OC2(C)C)OC. The highest BCUT2D eigenvalue weighted by Gasteiger charge is 2.32. The van der Waals surface area contributed by atoms with Gasteiger partial charge < -0.3 is 9.47 Å². The van der Waals surface area contributed by atoms with Crippen LogP contribution < -0.4 is 4.74 Å². The van der Waals surface area contributed by atoms with Gasteiger partial charge in [0.15, 0.2) is 5.72 Å². The standard InChI is InChI=1S/C17H19N3O2/c1-17(2)20-11-12(9-10-15(18-3)21-4)19-16(20)13-7-5-6-8-14(13)22-17/h5-11H,1-4H3. The van der Waals surface area contributed by atoms with E-state index in [1.807, 2.05) is 55.0 Å². The molecule has 5 nitrogen and oxygen atoms in total. The lowest BCUT2D eigenvalue weighted by Gasteiger charge is -2.34. The van der Waals surface area contributed by atoms with E-state index in [1.54, 1.807) is 20.2 Å². The van der Waals surface area contributed by atoms with E-state index >= 15 is 0 Å². The van der Waals surface area contributed by atoms with E-state index in [-0.39, 0.29) is 0 Å². The van der Waals surface area contributed by atoms with E-state index < -0.39 is 5.72 Å². The molecule has 0 bridgehead atoms. The normalized spacial score (nSPS) is 16.1. The van der Waals surface area contributed by atoms with Crippen molar-refractivity contribution in [1.29, 1.82) is 0 Å². The fourth-order valence-corrected chi connectivity index (χ4v) is 2.53. The van der Waals surface area contributed by atoms with Crippen molar-refractivity contribution in [1.82, 2.24) is 9.55 Å². The second-order valence-corrected chi connectivity index (χ2v) is 5.50. The molecule has 2 heterocycles. The molecular weight excluding hydrogens is 278 g/mol. The largest absolute Gasteiger partial charge is 0.481 e. The van der Waals surface area contributed by atoms with Gasteiger partial charge in [-0.3, -0.25) is 9.56 Å². The summed E-state index contributed by atoms with van der Waals surface area (Å²) in [5.74, 6) is 2.31. The first kappa shape index (κ1) is 14.4. The molecule has 0 unspecified atom stereocenters. The topological polar surface area (TPSA) is 48.6 Å². The van der Waals surface area contributed by atoms with Crippen LogP contribution in [0.15, 0.2) is 41.5 Å². The van der Waals surface area contributed by atoms with E-state index in [0.29, 0.717) is 5.90 Å². The highest BCUT2D eigenvalue weighted by Crippen LogP contribution is 2.39. The van der Waals surface area contributed by atoms with Crippen LogP contribution in [0.2, 0.25) is 0 Å². The van der Waals surface area contributed by atoms with Crippen LogP contribution in [0.25, 0.3) is 17.5 Å². The van der Waals surface area contributed by atoms with Crippen LogP contribution in [0.1, 0.15) is 19.5 Å². The van der Waals surface area contributed by atoms with Gasteiger partial charge in [-0.1, -0.05) is 12.1 Å². The molecule has 0 saturated heterocycles. The third-order valence-corrected chi connectivity index (χ3v) is 3.62. The molecule has 5 heteroatoms. The van der Waals surface area contributed by atoms with Crippen molar-refractivity contribution < 1.29 is 9.47 Å². The van der Waals surface area contributed by atoms with E-state index in [9.17, 15) is 0 Å². The van der Waals surface area contributed by atoms with E-state index in [2.05, 4.69) is 4.99 Å². The quantitative estimate of drug-likeness (QED) is 0.631. The second kappa shape index (κ2) is 5.33. The minimum atomic E-state index is -0.480. The zero-order valence-corrected chi connectivity index (χ0v) is 13.2. The Bertz CT molecular complexity index is 757. The minimum Gasteiger partial charge on any atom is -0.481 e. The monoisotopic (exact) mass is 297 g/mol. The lowest BCUT2D eigenvalue weighted by Crippen LogP contribution is -2.35. The van der Waals surface area contributed by atoms with Gasteiger partial charge in [0.2, 0.25) is 5.90 Å².